The molecule has 0 aromatic rings. The van der Waals surface area contributed by atoms with Crippen LogP contribution >= 0.6 is 0 Å². The molecule has 1 unspecified atom stereocenters. The van der Waals surface area contributed by atoms with Crippen molar-refractivity contribution in [2.75, 3.05) is 40.4 Å². The summed E-state index contributed by atoms with van der Waals surface area (Å²) in [5, 5.41) is 18.4. The van der Waals surface area contributed by atoms with Crippen molar-refractivity contribution in [3.63, 3.8) is 0 Å². The topological polar surface area (TPSA) is 90.3 Å². The minimum Gasteiger partial charge on any atom is -0.480 e. The molecule has 2 amide bonds. The maximum absolute atomic E-state index is 12.1. The van der Waals surface area contributed by atoms with Crippen LogP contribution in [0, 0.1) is 5.92 Å². The molecular weight excluding hydrogens is 252 g/mol. The van der Waals surface area contributed by atoms with Gasteiger partial charge in [-0.2, -0.15) is 0 Å². The van der Waals surface area contributed by atoms with E-state index in [2.05, 4.69) is 0 Å². The fourth-order valence-electron chi connectivity index (χ4n) is 1.70. The van der Waals surface area contributed by atoms with Gasteiger partial charge in [-0.25, -0.2) is 4.79 Å². The highest BCUT2D eigenvalue weighted by Gasteiger charge is 2.22. The third-order valence-electron chi connectivity index (χ3n) is 2.35. The Morgan fingerprint density at radius 3 is 2.26 bits per heavy atom. The molecule has 1 atom stereocenters. The molecule has 0 bridgehead atoms. The molecule has 0 saturated heterocycles. The summed E-state index contributed by atoms with van der Waals surface area (Å²) in [6, 6.07) is -0.411. The van der Waals surface area contributed by atoms with Crippen LogP contribution in [0.5, 0.6) is 0 Å². The van der Waals surface area contributed by atoms with Crippen molar-refractivity contribution in [2.24, 2.45) is 5.92 Å². The van der Waals surface area contributed by atoms with Gasteiger partial charge in [0.1, 0.15) is 6.54 Å². The van der Waals surface area contributed by atoms with Crippen LogP contribution in [0.1, 0.15) is 13.8 Å². The molecule has 0 spiro atoms. The Kier molecular flexibility index (Phi) is 8.09. The summed E-state index contributed by atoms with van der Waals surface area (Å²) in [7, 11) is 2.98. The van der Waals surface area contributed by atoms with Crippen LogP contribution in [0.15, 0.2) is 0 Å². The van der Waals surface area contributed by atoms with Gasteiger partial charge in [-0.3, -0.25) is 4.79 Å². The lowest BCUT2D eigenvalue weighted by Gasteiger charge is -2.29. The molecule has 0 aliphatic carbocycles. The summed E-state index contributed by atoms with van der Waals surface area (Å²) in [5.74, 6) is -0.888. The van der Waals surface area contributed by atoms with Gasteiger partial charge in [-0.1, -0.05) is 13.8 Å². The van der Waals surface area contributed by atoms with E-state index in [-0.39, 0.29) is 25.6 Å². The van der Waals surface area contributed by atoms with Gasteiger partial charge in [0, 0.05) is 20.7 Å². The number of ether oxygens (including phenoxy) is 1. The van der Waals surface area contributed by atoms with Gasteiger partial charge in [0.15, 0.2) is 0 Å². The van der Waals surface area contributed by atoms with Crippen LogP contribution in [0.3, 0.4) is 0 Å². The Bertz CT molecular complexity index is 296. The Morgan fingerprint density at radius 1 is 1.26 bits per heavy atom. The monoisotopic (exact) mass is 276 g/mol. The van der Waals surface area contributed by atoms with E-state index in [1.165, 1.54) is 24.0 Å². The van der Waals surface area contributed by atoms with Crippen molar-refractivity contribution in [2.45, 2.75) is 20.0 Å². The number of rotatable bonds is 8. The van der Waals surface area contributed by atoms with Crippen LogP contribution in [-0.2, 0) is 9.53 Å². The number of nitrogens with zero attached hydrogens (tertiary/aromatic N) is 2. The Hall–Kier alpha value is -1.34. The fourth-order valence-corrected chi connectivity index (χ4v) is 1.70. The third-order valence-corrected chi connectivity index (χ3v) is 2.35. The van der Waals surface area contributed by atoms with E-state index in [0.29, 0.717) is 6.54 Å². The summed E-state index contributed by atoms with van der Waals surface area (Å²) < 4.78 is 4.78. The van der Waals surface area contributed by atoms with Crippen LogP contribution in [0.2, 0.25) is 0 Å². The maximum Gasteiger partial charge on any atom is 0.323 e. The molecule has 0 aliphatic rings. The summed E-state index contributed by atoms with van der Waals surface area (Å²) in [4.78, 5) is 25.4. The molecule has 0 fully saturated rings. The number of carboxylic acids is 1. The van der Waals surface area contributed by atoms with Crippen molar-refractivity contribution < 1.29 is 24.5 Å². The van der Waals surface area contributed by atoms with Gasteiger partial charge < -0.3 is 24.7 Å². The Morgan fingerprint density at radius 2 is 1.84 bits per heavy atom. The second-order valence-electron chi connectivity index (χ2n) is 4.94. The SMILES string of the molecule is COCC(O)CN(C)C(=O)N(CC(=O)O)CC(C)C. The van der Waals surface area contributed by atoms with Crippen LogP contribution < -0.4 is 0 Å². The summed E-state index contributed by atoms with van der Waals surface area (Å²) in [6.45, 7) is 4.04. The summed E-state index contributed by atoms with van der Waals surface area (Å²) in [6.07, 6.45) is -0.787. The predicted molar refractivity (Wildman–Crippen MR) is 70.0 cm³/mol. The van der Waals surface area contributed by atoms with E-state index in [4.69, 9.17) is 9.84 Å². The minimum absolute atomic E-state index is 0.0981. The lowest BCUT2D eigenvalue weighted by Crippen LogP contribution is -2.47. The zero-order chi connectivity index (χ0) is 15.0. The second-order valence-corrected chi connectivity index (χ2v) is 4.94. The van der Waals surface area contributed by atoms with Gasteiger partial charge in [0.2, 0.25) is 0 Å². The number of aliphatic hydroxyl groups excluding tert-OH is 1. The number of aliphatic carboxylic acids is 1. The van der Waals surface area contributed by atoms with Crippen LogP contribution in [0.25, 0.3) is 0 Å². The van der Waals surface area contributed by atoms with E-state index in [1.807, 2.05) is 13.8 Å². The van der Waals surface area contributed by atoms with E-state index >= 15 is 0 Å². The summed E-state index contributed by atoms with van der Waals surface area (Å²) in [5.41, 5.74) is 0. The highest BCUT2D eigenvalue weighted by atomic mass is 16.5. The molecular formula is C12H24N2O5. The quantitative estimate of drug-likeness (QED) is 0.655. The lowest BCUT2D eigenvalue weighted by molar-refractivity contribution is -0.137. The first-order valence-electron chi connectivity index (χ1n) is 6.16. The molecule has 0 saturated carbocycles. The molecule has 0 radical (unpaired) electrons. The van der Waals surface area contributed by atoms with Crippen molar-refractivity contribution in [3.05, 3.63) is 0 Å². The number of carboxylic acid groups (broad SMARTS) is 1. The first-order valence-corrected chi connectivity index (χ1v) is 6.16. The highest BCUT2D eigenvalue weighted by molar-refractivity contribution is 5.80. The van der Waals surface area contributed by atoms with Crippen molar-refractivity contribution >= 4 is 12.0 Å². The van der Waals surface area contributed by atoms with Gasteiger partial charge in [-0.05, 0) is 5.92 Å². The number of likely N-dealkylation sites (N-methyl/N-ethyl adjacent to an activating group) is 1. The van der Waals surface area contributed by atoms with Gasteiger partial charge in [0.05, 0.1) is 19.3 Å². The number of aliphatic hydroxyl groups is 1. The molecule has 7 nitrogen and oxygen atoms in total. The van der Waals surface area contributed by atoms with Gasteiger partial charge in [-0.15, -0.1) is 0 Å². The zero-order valence-electron chi connectivity index (χ0n) is 12.0. The highest BCUT2D eigenvalue weighted by Crippen LogP contribution is 2.04. The van der Waals surface area contributed by atoms with Crippen LogP contribution in [-0.4, -0.2) is 78.5 Å². The third kappa shape index (κ3) is 7.63. The molecule has 2 N–H and O–H groups in total. The molecule has 0 aliphatic heterocycles. The summed E-state index contributed by atoms with van der Waals surface area (Å²) >= 11 is 0. The number of amides is 2. The largest absolute Gasteiger partial charge is 0.480 e. The van der Waals surface area contributed by atoms with Gasteiger partial charge >= 0.3 is 12.0 Å². The lowest BCUT2D eigenvalue weighted by atomic mass is 10.2. The van der Waals surface area contributed by atoms with Crippen LogP contribution in [0.4, 0.5) is 4.79 Å². The molecule has 112 valence electrons. The van der Waals surface area contributed by atoms with Crippen molar-refractivity contribution in [1.82, 2.24) is 9.80 Å². The number of hydrogen-bond acceptors (Lipinski definition) is 4. The van der Waals surface area contributed by atoms with E-state index in [0.717, 1.165) is 0 Å². The van der Waals surface area contributed by atoms with Crippen molar-refractivity contribution in [1.29, 1.82) is 0 Å². The molecule has 0 rings (SSSR count). The smallest absolute Gasteiger partial charge is 0.323 e. The van der Waals surface area contributed by atoms with E-state index < -0.39 is 18.1 Å². The zero-order valence-corrected chi connectivity index (χ0v) is 12.0. The number of carbonyl (C=O) groups is 2. The average molecular weight is 276 g/mol. The van der Waals surface area contributed by atoms with Gasteiger partial charge in [0.25, 0.3) is 0 Å². The molecule has 0 aromatic heterocycles. The molecule has 7 heteroatoms. The van der Waals surface area contributed by atoms with Crippen molar-refractivity contribution in [3.8, 4) is 0 Å². The average Bonchev–Trinajstić information content (AvgIpc) is 2.25. The number of urea groups is 1. The molecule has 19 heavy (non-hydrogen) atoms. The first-order chi connectivity index (χ1) is 8.77. The number of carbonyl (C=O) groups excluding carboxylic acids is 1. The standard InChI is InChI=1S/C12H24N2O5/c1-9(2)5-14(7-11(16)17)12(18)13(3)6-10(15)8-19-4/h9-10,15H,5-8H2,1-4H3,(H,16,17). The number of hydrogen-bond donors (Lipinski definition) is 2. The fraction of sp³-hybridized carbons (Fsp3) is 0.833. The molecule has 0 heterocycles. The Balaban J connectivity index is 4.54. The van der Waals surface area contributed by atoms with E-state index in [9.17, 15) is 14.7 Å². The Labute approximate surface area is 113 Å². The predicted octanol–water partition coefficient (Wildman–Crippen LogP) is 0.0881. The van der Waals surface area contributed by atoms with E-state index in [1.54, 1.807) is 0 Å². The molecule has 0 aromatic carbocycles. The number of methoxy groups -OCH3 is 1. The normalized spacial score (nSPS) is 12.3. The maximum atomic E-state index is 12.1. The first kappa shape index (κ1) is 17.7. The minimum atomic E-state index is -1.06. The second kappa shape index (κ2) is 8.71.